The van der Waals surface area contributed by atoms with Crippen LogP contribution >= 0.6 is 0 Å². The molecule has 3 heteroatoms. The van der Waals surface area contributed by atoms with E-state index in [1.54, 1.807) is 0 Å². The van der Waals surface area contributed by atoms with E-state index in [1.807, 2.05) is 13.8 Å². The minimum absolute atomic E-state index is 0.0960. The van der Waals surface area contributed by atoms with Gasteiger partial charge in [-0.05, 0) is 26.7 Å². The third-order valence-electron chi connectivity index (χ3n) is 2.76. The van der Waals surface area contributed by atoms with Crippen molar-refractivity contribution < 1.29 is 14.3 Å². The molecule has 0 aliphatic rings. The van der Waals surface area contributed by atoms with Gasteiger partial charge < -0.3 is 9.47 Å². The van der Waals surface area contributed by atoms with Crippen LogP contribution in [0.15, 0.2) is 0 Å². The van der Waals surface area contributed by atoms with Gasteiger partial charge in [-0.2, -0.15) is 0 Å². The standard InChI is InChI=1S/C14H28O3/c1-5-7-8-9-10-14(15)17-13(4)11-16-12(3)6-2/h12-13H,5-11H2,1-4H3. The largest absolute Gasteiger partial charge is 0.460 e. The van der Waals surface area contributed by atoms with Crippen LogP contribution < -0.4 is 0 Å². The fraction of sp³-hybridized carbons (Fsp3) is 0.929. The van der Waals surface area contributed by atoms with Crippen LogP contribution in [0.3, 0.4) is 0 Å². The van der Waals surface area contributed by atoms with Gasteiger partial charge in [0.05, 0.1) is 12.7 Å². The Morgan fingerprint density at radius 1 is 1.06 bits per heavy atom. The van der Waals surface area contributed by atoms with E-state index in [0.717, 1.165) is 19.3 Å². The molecule has 0 fully saturated rings. The van der Waals surface area contributed by atoms with Crippen LogP contribution in [0, 0.1) is 0 Å². The molecular formula is C14H28O3. The zero-order chi connectivity index (χ0) is 13.1. The minimum atomic E-state index is -0.136. The third-order valence-corrected chi connectivity index (χ3v) is 2.76. The van der Waals surface area contributed by atoms with Crippen molar-refractivity contribution >= 4 is 5.97 Å². The van der Waals surface area contributed by atoms with Crippen molar-refractivity contribution in [2.24, 2.45) is 0 Å². The van der Waals surface area contributed by atoms with Crippen molar-refractivity contribution in [1.82, 2.24) is 0 Å². The first-order valence-corrected chi connectivity index (χ1v) is 6.91. The zero-order valence-corrected chi connectivity index (χ0v) is 11.8. The van der Waals surface area contributed by atoms with Gasteiger partial charge in [0, 0.05) is 6.42 Å². The summed E-state index contributed by atoms with van der Waals surface area (Å²) in [5, 5.41) is 0. The maximum absolute atomic E-state index is 11.5. The van der Waals surface area contributed by atoms with E-state index < -0.39 is 0 Å². The summed E-state index contributed by atoms with van der Waals surface area (Å²) in [6.45, 7) is 8.64. The first kappa shape index (κ1) is 16.4. The summed E-state index contributed by atoms with van der Waals surface area (Å²) in [5.74, 6) is -0.0960. The molecule has 0 heterocycles. The molecule has 102 valence electrons. The fourth-order valence-electron chi connectivity index (χ4n) is 1.43. The molecule has 0 saturated heterocycles. The summed E-state index contributed by atoms with van der Waals surface area (Å²) in [4.78, 5) is 11.5. The Labute approximate surface area is 106 Å². The van der Waals surface area contributed by atoms with Crippen LogP contribution in [-0.4, -0.2) is 24.8 Å². The normalized spacial score (nSPS) is 14.4. The Balaban J connectivity index is 3.51. The summed E-state index contributed by atoms with van der Waals surface area (Å²) in [5.41, 5.74) is 0. The number of hydrogen-bond donors (Lipinski definition) is 0. The summed E-state index contributed by atoms with van der Waals surface area (Å²) in [7, 11) is 0. The molecule has 0 amide bonds. The SMILES string of the molecule is CCCCCCC(=O)OC(C)COC(C)CC. The van der Waals surface area contributed by atoms with E-state index >= 15 is 0 Å². The monoisotopic (exact) mass is 244 g/mol. The molecule has 3 nitrogen and oxygen atoms in total. The summed E-state index contributed by atoms with van der Waals surface area (Å²) in [6.07, 6.45) is 6.05. The molecule has 0 bridgehead atoms. The van der Waals surface area contributed by atoms with Gasteiger partial charge >= 0.3 is 5.97 Å². The number of carbonyl (C=O) groups is 1. The van der Waals surface area contributed by atoms with Crippen molar-refractivity contribution in [3.05, 3.63) is 0 Å². The molecule has 0 aliphatic carbocycles. The number of hydrogen-bond acceptors (Lipinski definition) is 3. The first-order valence-electron chi connectivity index (χ1n) is 6.91. The highest BCUT2D eigenvalue weighted by Gasteiger charge is 2.10. The van der Waals surface area contributed by atoms with Gasteiger partial charge in [0.1, 0.15) is 6.10 Å². The van der Waals surface area contributed by atoms with Crippen molar-refractivity contribution in [3.63, 3.8) is 0 Å². The Morgan fingerprint density at radius 2 is 1.76 bits per heavy atom. The Hall–Kier alpha value is -0.570. The second kappa shape index (κ2) is 10.6. The van der Waals surface area contributed by atoms with Crippen molar-refractivity contribution in [3.8, 4) is 0 Å². The second-order valence-corrected chi connectivity index (χ2v) is 4.66. The average molecular weight is 244 g/mol. The predicted octanol–water partition coefficient (Wildman–Crippen LogP) is 3.70. The van der Waals surface area contributed by atoms with E-state index in [1.165, 1.54) is 12.8 Å². The minimum Gasteiger partial charge on any atom is -0.460 e. The number of rotatable bonds is 10. The van der Waals surface area contributed by atoms with E-state index in [-0.39, 0.29) is 18.2 Å². The molecule has 0 N–H and O–H groups in total. The zero-order valence-electron chi connectivity index (χ0n) is 11.8. The van der Waals surface area contributed by atoms with Crippen LogP contribution in [0.2, 0.25) is 0 Å². The smallest absolute Gasteiger partial charge is 0.306 e. The highest BCUT2D eigenvalue weighted by molar-refractivity contribution is 5.69. The number of ether oxygens (including phenoxy) is 2. The molecule has 0 spiro atoms. The molecule has 0 aromatic rings. The summed E-state index contributed by atoms with van der Waals surface area (Å²) < 4.78 is 10.8. The molecule has 0 radical (unpaired) electrons. The molecule has 0 aromatic carbocycles. The lowest BCUT2D eigenvalue weighted by Gasteiger charge is -2.16. The molecule has 2 atom stereocenters. The molecule has 0 rings (SSSR count). The lowest BCUT2D eigenvalue weighted by atomic mass is 10.1. The topological polar surface area (TPSA) is 35.5 Å². The lowest BCUT2D eigenvalue weighted by Crippen LogP contribution is -2.22. The highest BCUT2D eigenvalue weighted by Crippen LogP contribution is 2.06. The number of carbonyl (C=O) groups excluding carboxylic acids is 1. The van der Waals surface area contributed by atoms with Gasteiger partial charge in [-0.3, -0.25) is 4.79 Å². The average Bonchev–Trinajstić information content (AvgIpc) is 2.31. The van der Waals surface area contributed by atoms with Crippen LogP contribution in [0.25, 0.3) is 0 Å². The van der Waals surface area contributed by atoms with Gasteiger partial charge in [0.25, 0.3) is 0 Å². The second-order valence-electron chi connectivity index (χ2n) is 4.66. The number of unbranched alkanes of at least 4 members (excludes halogenated alkanes) is 3. The third kappa shape index (κ3) is 10.3. The van der Waals surface area contributed by atoms with Crippen molar-refractivity contribution in [2.75, 3.05) is 6.61 Å². The number of esters is 1. The van der Waals surface area contributed by atoms with Crippen LogP contribution in [0.4, 0.5) is 0 Å². The Morgan fingerprint density at radius 3 is 2.35 bits per heavy atom. The van der Waals surface area contributed by atoms with Crippen LogP contribution in [-0.2, 0) is 14.3 Å². The first-order chi connectivity index (χ1) is 8.10. The fourth-order valence-corrected chi connectivity index (χ4v) is 1.43. The van der Waals surface area contributed by atoms with E-state index in [2.05, 4.69) is 13.8 Å². The van der Waals surface area contributed by atoms with Crippen molar-refractivity contribution in [1.29, 1.82) is 0 Å². The molecule has 2 unspecified atom stereocenters. The van der Waals surface area contributed by atoms with Gasteiger partial charge in [0.2, 0.25) is 0 Å². The molecular weight excluding hydrogens is 216 g/mol. The molecule has 0 saturated carbocycles. The van der Waals surface area contributed by atoms with Gasteiger partial charge in [0.15, 0.2) is 0 Å². The van der Waals surface area contributed by atoms with E-state index in [4.69, 9.17) is 9.47 Å². The quantitative estimate of drug-likeness (QED) is 0.434. The maximum atomic E-state index is 11.5. The van der Waals surface area contributed by atoms with Gasteiger partial charge in [-0.1, -0.05) is 33.1 Å². The molecule has 0 aromatic heterocycles. The van der Waals surface area contributed by atoms with Gasteiger partial charge in [-0.15, -0.1) is 0 Å². The van der Waals surface area contributed by atoms with E-state index in [9.17, 15) is 4.79 Å². The van der Waals surface area contributed by atoms with Crippen molar-refractivity contribution in [2.45, 2.75) is 78.4 Å². The Kier molecular flexibility index (Phi) is 10.2. The molecule has 0 aliphatic heterocycles. The van der Waals surface area contributed by atoms with Crippen LogP contribution in [0.5, 0.6) is 0 Å². The molecule has 17 heavy (non-hydrogen) atoms. The van der Waals surface area contributed by atoms with E-state index in [0.29, 0.717) is 13.0 Å². The predicted molar refractivity (Wildman–Crippen MR) is 70.0 cm³/mol. The summed E-state index contributed by atoms with van der Waals surface area (Å²) in [6, 6.07) is 0. The van der Waals surface area contributed by atoms with Crippen LogP contribution in [0.1, 0.15) is 66.2 Å². The Bertz CT molecular complexity index is 192. The summed E-state index contributed by atoms with van der Waals surface area (Å²) >= 11 is 0. The van der Waals surface area contributed by atoms with Gasteiger partial charge in [-0.25, -0.2) is 0 Å². The lowest BCUT2D eigenvalue weighted by molar-refractivity contribution is -0.152. The highest BCUT2D eigenvalue weighted by atomic mass is 16.6. The maximum Gasteiger partial charge on any atom is 0.306 e.